The van der Waals surface area contributed by atoms with Gasteiger partial charge in [-0.25, -0.2) is 0 Å². The van der Waals surface area contributed by atoms with E-state index >= 15 is 0 Å². The molecule has 0 bridgehead atoms. The molecule has 1 aromatic heterocycles. The first-order chi connectivity index (χ1) is 10.5. The molecule has 0 aliphatic carbocycles. The number of hydrogen-bond donors (Lipinski definition) is 2. The quantitative estimate of drug-likeness (QED) is 0.807. The number of aromatic nitrogens is 2. The van der Waals surface area contributed by atoms with Crippen LogP contribution in [0.5, 0.6) is 0 Å². The van der Waals surface area contributed by atoms with Gasteiger partial charge in [0.05, 0.1) is 6.61 Å². The molecule has 0 aliphatic heterocycles. The molecule has 9 heteroatoms. The average Bonchev–Trinajstić information content (AvgIpc) is 2.87. The van der Waals surface area contributed by atoms with Gasteiger partial charge in [-0.1, -0.05) is 23.1 Å². The van der Waals surface area contributed by atoms with Crippen molar-refractivity contribution in [2.24, 2.45) is 5.73 Å². The third kappa shape index (κ3) is 5.74. The van der Waals surface area contributed by atoms with Crippen molar-refractivity contribution >= 4 is 47.1 Å². The number of ether oxygens (including phenoxy) is 1. The molecule has 0 aliphatic rings. The lowest BCUT2D eigenvalue weighted by Crippen LogP contribution is -2.39. The maximum atomic E-state index is 11.9. The highest BCUT2D eigenvalue weighted by Crippen LogP contribution is 2.32. The summed E-state index contributed by atoms with van der Waals surface area (Å²) in [6.07, 6.45) is 0. The molecule has 0 saturated carbocycles. The molecule has 1 aromatic carbocycles. The number of nitrogens with zero attached hydrogens (tertiary/aromatic N) is 2. The normalized spacial score (nSPS) is 11.7. The number of nitrogens with one attached hydrogen (secondary N) is 1. The van der Waals surface area contributed by atoms with Crippen LogP contribution in [0, 0.1) is 13.8 Å². The molecule has 126 valence electrons. The molecule has 3 N–H and O–H groups in total. The van der Waals surface area contributed by atoms with Gasteiger partial charge in [-0.15, -0.1) is 22.6 Å². The van der Waals surface area contributed by atoms with Crippen LogP contribution in [0.4, 0.5) is 5.69 Å². The van der Waals surface area contributed by atoms with Crippen molar-refractivity contribution in [1.29, 1.82) is 0 Å². The minimum Gasteiger partial charge on any atom is -0.383 e. The minimum absolute atomic E-state index is 0. The molecule has 1 atom stereocenters. The number of halogens is 1. The van der Waals surface area contributed by atoms with Gasteiger partial charge in [-0.2, -0.15) is 0 Å². The zero-order valence-electron chi connectivity index (χ0n) is 13.0. The molecule has 1 amide bonds. The van der Waals surface area contributed by atoms with Crippen LogP contribution >= 0.6 is 35.5 Å². The fourth-order valence-electron chi connectivity index (χ4n) is 1.74. The molecule has 2 aromatic rings. The van der Waals surface area contributed by atoms with Gasteiger partial charge in [0, 0.05) is 17.7 Å². The number of aryl methyl sites for hydroxylation is 2. The lowest BCUT2D eigenvalue weighted by molar-refractivity contribution is -0.118. The van der Waals surface area contributed by atoms with Gasteiger partial charge >= 0.3 is 0 Å². The second-order valence-corrected chi connectivity index (χ2v) is 7.22. The average molecular weight is 375 g/mol. The van der Waals surface area contributed by atoms with Crippen LogP contribution in [-0.2, 0) is 9.53 Å². The number of rotatable bonds is 6. The van der Waals surface area contributed by atoms with E-state index in [0.29, 0.717) is 0 Å². The predicted molar refractivity (Wildman–Crippen MR) is 95.7 cm³/mol. The van der Waals surface area contributed by atoms with Crippen molar-refractivity contribution in [1.82, 2.24) is 10.2 Å². The lowest BCUT2D eigenvalue weighted by atomic mass is 10.2. The van der Waals surface area contributed by atoms with E-state index in [9.17, 15) is 4.79 Å². The van der Waals surface area contributed by atoms with Gasteiger partial charge in [-0.05, 0) is 37.6 Å². The Morgan fingerprint density at radius 2 is 2.17 bits per heavy atom. The van der Waals surface area contributed by atoms with Crippen molar-refractivity contribution in [3.8, 4) is 0 Å². The Kier molecular flexibility index (Phi) is 7.93. The first-order valence-electron chi connectivity index (χ1n) is 6.63. The van der Waals surface area contributed by atoms with Crippen molar-refractivity contribution in [2.45, 2.75) is 29.1 Å². The molecular formula is C14H19ClN4O2S2. The van der Waals surface area contributed by atoms with E-state index in [1.54, 1.807) is 23.1 Å². The summed E-state index contributed by atoms with van der Waals surface area (Å²) in [6.45, 7) is 4.05. The Morgan fingerprint density at radius 1 is 1.43 bits per heavy atom. The minimum atomic E-state index is -0.678. The Hall–Kier alpha value is -1.19. The Balaban J connectivity index is 0.00000264. The molecule has 0 radical (unpaired) electrons. The van der Waals surface area contributed by atoms with Crippen LogP contribution in [-0.4, -0.2) is 35.9 Å². The Labute approximate surface area is 149 Å². The Morgan fingerprint density at radius 3 is 2.74 bits per heavy atom. The highest BCUT2D eigenvalue weighted by Gasteiger charge is 2.14. The van der Waals surface area contributed by atoms with Crippen LogP contribution in [0.2, 0.25) is 0 Å². The predicted octanol–water partition coefficient (Wildman–Crippen LogP) is 2.64. The molecule has 6 nitrogen and oxygen atoms in total. The number of carbonyl (C=O) groups excluding carboxylic acids is 1. The first kappa shape index (κ1) is 19.9. The van der Waals surface area contributed by atoms with Crippen LogP contribution in [0.3, 0.4) is 0 Å². The molecule has 23 heavy (non-hydrogen) atoms. The number of carbonyl (C=O) groups is 1. The number of anilines is 1. The number of hydrogen-bond acceptors (Lipinski definition) is 7. The maximum absolute atomic E-state index is 11.9. The molecule has 1 heterocycles. The number of nitrogens with two attached hydrogens (primary N) is 1. The van der Waals surface area contributed by atoms with Gasteiger partial charge in [0.1, 0.15) is 11.0 Å². The summed E-state index contributed by atoms with van der Waals surface area (Å²) in [4.78, 5) is 12.9. The van der Waals surface area contributed by atoms with E-state index in [0.717, 1.165) is 25.5 Å². The summed E-state index contributed by atoms with van der Waals surface area (Å²) in [5, 5.41) is 11.8. The third-order valence-electron chi connectivity index (χ3n) is 2.85. The second kappa shape index (κ2) is 9.19. The summed E-state index contributed by atoms with van der Waals surface area (Å²) in [7, 11) is 1.51. The SMILES string of the molecule is COCC(N)C(=O)Nc1ccc(Sc2nnc(C)s2)cc1C.Cl. The van der Waals surface area contributed by atoms with E-state index in [4.69, 9.17) is 10.5 Å². The monoisotopic (exact) mass is 374 g/mol. The van der Waals surface area contributed by atoms with Crippen LogP contribution in [0.25, 0.3) is 0 Å². The van der Waals surface area contributed by atoms with E-state index in [-0.39, 0.29) is 24.9 Å². The van der Waals surface area contributed by atoms with Crippen LogP contribution < -0.4 is 11.1 Å². The van der Waals surface area contributed by atoms with Gasteiger partial charge in [0.15, 0.2) is 4.34 Å². The fourth-order valence-corrected chi connectivity index (χ4v) is 3.63. The highest BCUT2D eigenvalue weighted by atomic mass is 35.5. The maximum Gasteiger partial charge on any atom is 0.243 e. The van der Waals surface area contributed by atoms with Crippen LogP contribution in [0.1, 0.15) is 10.6 Å². The van der Waals surface area contributed by atoms with Gasteiger partial charge in [0.25, 0.3) is 0 Å². The summed E-state index contributed by atoms with van der Waals surface area (Å²) in [5.74, 6) is -0.259. The standard InChI is InChI=1S/C14H18N4O2S2.ClH/c1-8-6-10(22-14-18-17-9(2)21-14)4-5-12(8)16-13(19)11(15)7-20-3;/h4-6,11H,7,15H2,1-3H3,(H,16,19);1H. The molecule has 0 spiro atoms. The largest absolute Gasteiger partial charge is 0.383 e. The molecule has 2 rings (SSSR count). The third-order valence-corrected chi connectivity index (χ3v) is 4.73. The van der Waals surface area contributed by atoms with Gasteiger partial charge in [0.2, 0.25) is 5.91 Å². The summed E-state index contributed by atoms with van der Waals surface area (Å²) in [6, 6.07) is 5.12. The fraction of sp³-hybridized carbons (Fsp3) is 0.357. The Bertz CT molecular complexity index is 666. The van der Waals surface area contributed by atoms with Crippen molar-refractivity contribution in [2.75, 3.05) is 19.0 Å². The summed E-state index contributed by atoms with van der Waals surface area (Å²) >= 11 is 3.11. The zero-order valence-corrected chi connectivity index (χ0v) is 15.5. The molecular weight excluding hydrogens is 356 g/mol. The topological polar surface area (TPSA) is 90.1 Å². The molecule has 0 fully saturated rings. The van der Waals surface area contributed by atoms with E-state index in [1.807, 2.05) is 32.0 Å². The number of amides is 1. The van der Waals surface area contributed by atoms with E-state index in [2.05, 4.69) is 15.5 Å². The number of benzene rings is 1. The van der Waals surface area contributed by atoms with E-state index < -0.39 is 6.04 Å². The smallest absolute Gasteiger partial charge is 0.243 e. The summed E-state index contributed by atoms with van der Waals surface area (Å²) < 4.78 is 5.78. The highest BCUT2D eigenvalue weighted by molar-refractivity contribution is 8.01. The first-order valence-corrected chi connectivity index (χ1v) is 8.27. The lowest BCUT2D eigenvalue weighted by Gasteiger charge is -2.13. The van der Waals surface area contributed by atoms with Crippen molar-refractivity contribution in [3.63, 3.8) is 0 Å². The second-order valence-electron chi connectivity index (χ2n) is 4.72. The van der Waals surface area contributed by atoms with E-state index in [1.165, 1.54) is 7.11 Å². The van der Waals surface area contributed by atoms with Crippen molar-refractivity contribution in [3.05, 3.63) is 28.8 Å². The van der Waals surface area contributed by atoms with Crippen molar-refractivity contribution < 1.29 is 9.53 Å². The van der Waals surface area contributed by atoms with Gasteiger partial charge in [-0.3, -0.25) is 4.79 Å². The zero-order chi connectivity index (χ0) is 16.1. The summed E-state index contributed by atoms with van der Waals surface area (Å²) in [5.41, 5.74) is 7.41. The van der Waals surface area contributed by atoms with Gasteiger partial charge < -0.3 is 15.8 Å². The molecule has 1 unspecified atom stereocenters. The number of methoxy groups -OCH3 is 1. The molecule has 0 saturated heterocycles. The van der Waals surface area contributed by atoms with Crippen LogP contribution in [0.15, 0.2) is 27.4 Å².